The number of hydrogen-bond donors (Lipinski definition) is 1. The minimum absolute atomic E-state index is 0. The topological polar surface area (TPSA) is 30.5 Å². The molecule has 6 heteroatoms. The third kappa shape index (κ3) is 8.48. The first-order valence-corrected chi connectivity index (χ1v) is 10.4. The van der Waals surface area contributed by atoms with Crippen molar-refractivity contribution in [1.29, 1.82) is 0 Å². The second kappa shape index (κ2) is 13.9. The third-order valence-corrected chi connectivity index (χ3v) is 4.73. The van der Waals surface area contributed by atoms with Crippen LogP contribution >= 0.6 is 35.6 Å². The normalized spacial score (nSPS) is 10.4. The van der Waals surface area contributed by atoms with Crippen LogP contribution in [0.2, 0.25) is 10.0 Å². The van der Waals surface area contributed by atoms with Gasteiger partial charge in [0.15, 0.2) is 11.5 Å². The van der Waals surface area contributed by atoms with Crippen molar-refractivity contribution in [3.8, 4) is 11.5 Å². The van der Waals surface area contributed by atoms with Crippen LogP contribution in [0.3, 0.4) is 0 Å². The number of benzene rings is 2. The van der Waals surface area contributed by atoms with Crippen LogP contribution in [0.25, 0.3) is 0 Å². The molecule has 0 amide bonds. The Bertz CT molecular complexity index is 693. The maximum absolute atomic E-state index is 6.49. The van der Waals surface area contributed by atoms with E-state index < -0.39 is 0 Å². The van der Waals surface area contributed by atoms with E-state index in [1.807, 2.05) is 43.3 Å². The SMILES string of the molecule is CCCCCCNCc1cc(Cl)c(OCc2ccc(Cl)cc2)c(OCC)c1.Cl. The minimum Gasteiger partial charge on any atom is -0.490 e. The second-order valence-corrected chi connectivity index (χ2v) is 7.33. The Kier molecular flexibility index (Phi) is 12.4. The fourth-order valence-corrected chi connectivity index (χ4v) is 3.19. The van der Waals surface area contributed by atoms with E-state index in [0.717, 1.165) is 24.2 Å². The summed E-state index contributed by atoms with van der Waals surface area (Å²) in [4.78, 5) is 0. The molecular weight excluding hydrogens is 417 g/mol. The molecule has 0 aliphatic rings. The standard InChI is InChI=1S/C22H29Cl2NO2.ClH/c1-3-5-6-7-12-25-15-18-13-20(24)22(21(14-18)26-4-2)27-16-17-8-10-19(23)11-9-17;/h8-11,13-14,25H,3-7,12,15-16H2,1-2H3;1H. The number of rotatable bonds is 12. The molecule has 2 rings (SSSR count). The fraction of sp³-hybridized carbons (Fsp3) is 0.455. The smallest absolute Gasteiger partial charge is 0.180 e. The quantitative estimate of drug-likeness (QED) is 0.354. The average Bonchev–Trinajstić information content (AvgIpc) is 2.65. The summed E-state index contributed by atoms with van der Waals surface area (Å²) in [6.07, 6.45) is 5.01. The summed E-state index contributed by atoms with van der Waals surface area (Å²) in [5.41, 5.74) is 2.12. The van der Waals surface area contributed by atoms with Crippen molar-refractivity contribution in [3.63, 3.8) is 0 Å². The lowest BCUT2D eigenvalue weighted by Crippen LogP contribution is -2.15. The highest BCUT2D eigenvalue weighted by molar-refractivity contribution is 6.32. The highest BCUT2D eigenvalue weighted by Crippen LogP contribution is 2.37. The summed E-state index contributed by atoms with van der Waals surface area (Å²) in [5.74, 6) is 1.27. The van der Waals surface area contributed by atoms with Crippen molar-refractivity contribution in [2.24, 2.45) is 0 Å². The molecule has 0 aromatic heterocycles. The van der Waals surface area contributed by atoms with E-state index in [4.69, 9.17) is 32.7 Å². The van der Waals surface area contributed by atoms with Crippen LogP contribution in [0, 0.1) is 0 Å². The molecule has 0 fully saturated rings. The van der Waals surface area contributed by atoms with Crippen molar-refractivity contribution >= 4 is 35.6 Å². The van der Waals surface area contributed by atoms with Gasteiger partial charge >= 0.3 is 0 Å². The lowest BCUT2D eigenvalue weighted by atomic mass is 10.1. The first-order chi connectivity index (χ1) is 13.1. The average molecular weight is 447 g/mol. The summed E-state index contributed by atoms with van der Waals surface area (Å²) >= 11 is 12.4. The van der Waals surface area contributed by atoms with Gasteiger partial charge in [-0.3, -0.25) is 0 Å². The van der Waals surface area contributed by atoms with Crippen molar-refractivity contribution in [2.75, 3.05) is 13.2 Å². The zero-order valence-corrected chi connectivity index (χ0v) is 18.9. The van der Waals surface area contributed by atoms with Crippen LogP contribution in [-0.4, -0.2) is 13.2 Å². The van der Waals surface area contributed by atoms with Gasteiger partial charge in [-0.05, 0) is 55.3 Å². The molecule has 156 valence electrons. The minimum atomic E-state index is 0. The van der Waals surface area contributed by atoms with Gasteiger partial charge in [0, 0.05) is 11.6 Å². The highest BCUT2D eigenvalue weighted by Gasteiger charge is 2.13. The van der Waals surface area contributed by atoms with Gasteiger partial charge < -0.3 is 14.8 Å². The summed E-state index contributed by atoms with van der Waals surface area (Å²) in [6.45, 7) is 6.92. The Labute approximate surface area is 185 Å². The summed E-state index contributed by atoms with van der Waals surface area (Å²) < 4.78 is 11.7. The molecule has 2 aromatic rings. The predicted octanol–water partition coefficient (Wildman–Crippen LogP) is 7.06. The Morgan fingerprint density at radius 1 is 0.893 bits per heavy atom. The summed E-state index contributed by atoms with van der Waals surface area (Å²) in [6, 6.07) is 11.5. The second-order valence-electron chi connectivity index (χ2n) is 6.49. The third-order valence-electron chi connectivity index (χ3n) is 4.20. The lowest BCUT2D eigenvalue weighted by Gasteiger charge is -2.16. The molecule has 0 bridgehead atoms. The van der Waals surface area contributed by atoms with E-state index in [2.05, 4.69) is 12.2 Å². The van der Waals surface area contributed by atoms with E-state index in [9.17, 15) is 0 Å². The Hall–Kier alpha value is -1.13. The van der Waals surface area contributed by atoms with E-state index in [1.54, 1.807) is 0 Å². The van der Waals surface area contributed by atoms with Gasteiger partial charge in [-0.15, -0.1) is 12.4 Å². The van der Waals surface area contributed by atoms with Gasteiger partial charge in [-0.2, -0.15) is 0 Å². The van der Waals surface area contributed by atoms with Crippen LogP contribution in [-0.2, 0) is 13.2 Å². The Balaban J connectivity index is 0.00000392. The maximum Gasteiger partial charge on any atom is 0.180 e. The van der Waals surface area contributed by atoms with Gasteiger partial charge in [0.05, 0.1) is 11.6 Å². The highest BCUT2D eigenvalue weighted by atomic mass is 35.5. The Morgan fingerprint density at radius 2 is 1.64 bits per heavy atom. The molecule has 0 radical (unpaired) electrons. The molecule has 1 N–H and O–H groups in total. The van der Waals surface area contributed by atoms with Crippen molar-refractivity contribution in [1.82, 2.24) is 5.32 Å². The monoisotopic (exact) mass is 445 g/mol. The summed E-state index contributed by atoms with van der Waals surface area (Å²) in [5, 5.41) is 4.75. The number of nitrogens with one attached hydrogen (secondary N) is 1. The van der Waals surface area contributed by atoms with E-state index in [1.165, 1.54) is 25.7 Å². The molecule has 28 heavy (non-hydrogen) atoms. The molecule has 0 aliphatic heterocycles. The van der Waals surface area contributed by atoms with E-state index in [0.29, 0.717) is 34.8 Å². The first kappa shape index (κ1) is 24.9. The molecule has 2 aromatic carbocycles. The van der Waals surface area contributed by atoms with Gasteiger partial charge in [-0.25, -0.2) is 0 Å². The maximum atomic E-state index is 6.49. The molecule has 0 unspecified atom stereocenters. The number of hydrogen-bond acceptors (Lipinski definition) is 3. The van der Waals surface area contributed by atoms with Gasteiger partial charge in [0.25, 0.3) is 0 Å². The largest absolute Gasteiger partial charge is 0.490 e. The number of halogens is 3. The van der Waals surface area contributed by atoms with E-state index >= 15 is 0 Å². The molecule has 0 spiro atoms. The van der Waals surface area contributed by atoms with Crippen LogP contribution in [0.4, 0.5) is 0 Å². The molecule has 0 aliphatic carbocycles. The molecule has 0 saturated heterocycles. The van der Waals surface area contributed by atoms with Gasteiger partial charge in [-0.1, -0.05) is 61.5 Å². The predicted molar refractivity (Wildman–Crippen MR) is 122 cm³/mol. The van der Waals surface area contributed by atoms with Crippen LogP contribution in [0.5, 0.6) is 11.5 Å². The van der Waals surface area contributed by atoms with Crippen molar-refractivity contribution in [3.05, 3.63) is 57.6 Å². The van der Waals surface area contributed by atoms with Crippen molar-refractivity contribution in [2.45, 2.75) is 52.7 Å². The number of ether oxygens (including phenoxy) is 2. The molecular formula is C22H30Cl3NO2. The van der Waals surface area contributed by atoms with Crippen LogP contribution in [0.1, 0.15) is 50.7 Å². The molecule has 0 saturated carbocycles. The van der Waals surface area contributed by atoms with Crippen molar-refractivity contribution < 1.29 is 9.47 Å². The summed E-state index contributed by atoms with van der Waals surface area (Å²) in [7, 11) is 0. The van der Waals surface area contributed by atoms with E-state index in [-0.39, 0.29) is 12.4 Å². The fourth-order valence-electron chi connectivity index (χ4n) is 2.77. The zero-order chi connectivity index (χ0) is 19.5. The van der Waals surface area contributed by atoms with Gasteiger partial charge in [0.2, 0.25) is 0 Å². The molecule has 0 heterocycles. The number of unbranched alkanes of at least 4 members (excludes halogenated alkanes) is 3. The molecule has 0 atom stereocenters. The lowest BCUT2D eigenvalue weighted by molar-refractivity contribution is 0.269. The first-order valence-electron chi connectivity index (χ1n) is 9.67. The zero-order valence-electron chi connectivity index (χ0n) is 16.6. The van der Waals surface area contributed by atoms with Gasteiger partial charge in [0.1, 0.15) is 6.61 Å². The van der Waals surface area contributed by atoms with Crippen LogP contribution in [0.15, 0.2) is 36.4 Å². The molecule has 3 nitrogen and oxygen atoms in total. The Morgan fingerprint density at radius 3 is 2.32 bits per heavy atom. The van der Waals surface area contributed by atoms with Crippen LogP contribution < -0.4 is 14.8 Å².